The molecular formula is C24H31N3O2S. The highest BCUT2D eigenvalue weighted by Crippen LogP contribution is 2.32. The van der Waals surface area contributed by atoms with Gasteiger partial charge in [-0.15, -0.1) is 0 Å². The van der Waals surface area contributed by atoms with Crippen LogP contribution in [0.25, 0.3) is 10.2 Å². The first-order chi connectivity index (χ1) is 14.5. The molecule has 1 amide bonds. The third kappa shape index (κ3) is 4.99. The summed E-state index contributed by atoms with van der Waals surface area (Å²) in [6.07, 6.45) is 0. The summed E-state index contributed by atoms with van der Waals surface area (Å²) in [6, 6.07) is 11.7. The molecule has 0 unspecified atom stereocenters. The lowest BCUT2D eigenvalue weighted by Crippen LogP contribution is -2.38. The van der Waals surface area contributed by atoms with Gasteiger partial charge in [0.15, 0.2) is 5.13 Å². The zero-order valence-corrected chi connectivity index (χ0v) is 19.4. The Morgan fingerprint density at radius 2 is 1.73 bits per heavy atom. The molecule has 3 aromatic rings. The number of hydrogen-bond acceptors (Lipinski definition) is 5. The molecule has 1 aromatic heterocycles. The van der Waals surface area contributed by atoms with Crippen LogP contribution in [0.2, 0.25) is 0 Å². The number of amides is 1. The molecule has 0 aliphatic rings. The summed E-state index contributed by atoms with van der Waals surface area (Å²) >= 11 is 1.59. The Kier molecular flexibility index (Phi) is 7.45. The topological polar surface area (TPSA) is 45.7 Å². The van der Waals surface area contributed by atoms with Crippen LogP contribution in [0.15, 0.2) is 36.4 Å². The van der Waals surface area contributed by atoms with Crippen molar-refractivity contribution in [3.63, 3.8) is 0 Å². The molecule has 5 nitrogen and oxygen atoms in total. The molecule has 30 heavy (non-hydrogen) atoms. The minimum atomic E-state index is -0.0290. The second kappa shape index (κ2) is 10.0. The monoisotopic (exact) mass is 425 g/mol. The second-order valence-corrected chi connectivity index (χ2v) is 8.38. The van der Waals surface area contributed by atoms with Crippen LogP contribution in [0, 0.1) is 13.8 Å². The molecule has 0 spiro atoms. The molecule has 2 aromatic carbocycles. The van der Waals surface area contributed by atoms with Gasteiger partial charge in [-0.3, -0.25) is 9.69 Å². The molecule has 1 heterocycles. The number of ether oxygens (including phenoxy) is 1. The molecule has 0 saturated carbocycles. The Balaban J connectivity index is 1.95. The van der Waals surface area contributed by atoms with Crippen molar-refractivity contribution < 1.29 is 9.53 Å². The molecule has 0 aliphatic carbocycles. The van der Waals surface area contributed by atoms with Crippen molar-refractivity contribution in [2.45, 2.75) is 34.6 Å². The quantitative estimate of drug-likeness (QED) is 0.467. The third-order valence-electron chi connectivity index (χ3n) is 5.24. The summed E-state index contributed by atoms with van der Waals surface area (Å²) in [7, 11) is 0. The Labute approximate surface area is 183 Å². The minimum absolute atomic E-state index is 0.0290. The van der Waals surface area contributed by atoms with Crippen LogP contribution >= 0.6 is 11.3 Å². The first-order valence-corrected chi connectivity index (χ1v) is 11.4. The molecule has 6 heteroatoms. The van der Waals surface area contributed by atoms with E-state index in [1.165, 1.54) is 5.56 Å². The molecule has 0 radical (unpaired) electrons. The molecule has 0 N–H and O–H groups in total. The number of carbonyl (C=O) groups is 1. The lowest BCUT2D eigenvalue weighted by molar-refractivity contribution is 0.0983. The minimum Gasteiger partial charge on any atom is -0.494 e. The maximum Gasteiger partial charge on any atom is 0.260 e. The van der Waals surface area contributed by atoms with Crippen LogP contribution in [0.5, 0.6) is 5.75 Å². The van der Waals surface area contributed by atoms with Gasteiger partial charge in [-0.1, -0.05) is 31.3 Å². The predicted octanol–water partition coefficient (Wildman–Crippen LogP) is 5.30. The highest BCUT2D eigenvalue weighted by atomic mass is 32.1. The Bertz CT molecular complexity index is 994. The number of aromatic nitrogens is 1. The van der Waals surface area contributed by atoms with E-state index in [0.717, 1.165) is 46.3 Å². The zero-order chi connectivity index (χ0) is 21.7. The lowest BCUT2D eigenvalue weighted by Gasteiger charge is -2.24. The number of nitrogens with zero attached hydrogens (tertiary/aromatic N) is 3. The van der Waals surface area contributed by atoms with E-state index in [1.807, 2.05) is 36.1 Å². The van der Waals surface area contributed by atoms with Gasteiger partial charge in [-0.05, 0) is 75.3 Å². The predicted molar refractivity (Wildman–Crippen MR) is 126 cm³/mol. The lowest BCUT2D eigenvalue weighted by atomic mass is 10.1. The molecular weight excluding hydrogens is 394 g/mol. The van der Waals surface area contributed by atoms with Gasteiger partial charge in [-0.25, -0.2) is 4.98 Å². The SMILES string of the molecule is CCOc1ccc(C(=O)N(CCN(CC)CC)c2nc3c(C)cc(C)cc3s2)cc1. The Hall–Kier alpha value is -2.44. The number of carbonyl (C=O) groups excluding carboxylic acids is 1. The van der Waals surface area contributed by atoms with E-state index in [4.69, 9.17) is 9.72 Å². The van der Waals surface area contributed by atoms with Crippen LogP contribution in [-0.2, 0) is 0 Å². The normalized spacial score (nSPS) is 11.3. The van der Waals surface area contributed by atoms with Crippen LogP contribution in [0.1, 0.15) is 42.3 Å². The van der Waals surface area contributed by atoms with Gasteiger partial charge in [-0.2, -0.15) is 0 Å². The van der Waals surface area contributed by atoms with Gasteiger partial charge >= 0.3 is 0 Å². The highest BCUT2D eigenvalue weighted by Gasteiger charge is 2.22. The van der Waals surface area contributed by atoms with E-state index in [0.29, 0.717) is 18.7 Å². The molecule has 0 atom stereocenters. The average Bonchev–Trinajstić information content (AvgIpc) is 3.16. The number of rotatable bonds is 9. The van der Waals surface area contributed by atoms with Gasteiger partial charge in [0.2, 0.25) is 0 Å². The van der Waals surface area contributed by atoms with E-state index in [-0.39, 0.29) is 5.91 Å². The van der Waals surface area contributed by atoms with Crippen LogP contribution in [0.3, 0.4) is 0 Å². The van der Waals surface area contributed by atoms with Crippen LogP contribution in [0.4, 0.5) is 5.13 Å². The maximum absolute atomic E-state index is 13.5. The van der Waals surface area contributed by atoms with E-state index >= 15 is 0 Å². The first-order valence-electron chi connectivity index (χ1n) is 10.6. The Morgan fingerprint density at radius 3 is 2.37 bits per heavy atom. The number of fused-ring (bicyclic) bond motifs is 1. The summed E-state index contributed by atoms with van der Waals surface area (Å²) in [5, 5.41) is 0.754. The number of hydrogen-bond donors (Lipinski definition) is 0. The summed E-state index contributed by atoms with van der Waals surface area (Å²) in [6.45, 7) is 14.3. The van der Waals surface area contributed by atoms with Crippen molar-refractivity contribution in [1.29, 1.82) is 0 Å². The molecule has 3 rings (SSSR count). The van der Waals surface area contributed by atoms with Crippen molar-refractivity contribution in [2.75, 3.05) is 37.7 Å². The summed E-state index contributed by atoms with van der Waals surface area (Å²) in [5.74, 6) is 0.744. The van der Waals surface area contributed by atoms with E-state index < -0.39 is 0 Å². The average molecular weight is 426 g/mol. The van der Waals surface area contributed by atoms with E-state index in [1.54, 1.807) is 11.3 Å². The fraction of sp³-hybridized carbons (Fsp3) is 0.417. The summed E-state index contributed by atoms with van der Waals surface area (Å²) in [4.78, 5) is 22.5. The molecule has 0 bridgehead atoms. The van der Waals surface area contributed by atoms with Crippen molar-refractivity contribution in [2.24, 2.45) is 0 Å². The molecule has 160 valence electrons. The van der Waals surface area contributed by atoms with Crippen molar-refractivity contribution >= 4 is 32.6 Å². The van der Waals surface area contributed by atoms with Crippen molar-refractivity contribution in [1.82, 2.24) is 9.88 Å². The van der Waals surface area contributed by atoms with Crippen molar-refractivity contribution in [3.8, 4) is 5.75 Å². The van der Waals surface area contributed by atoms with Crippen LogP contribution in [-0.4, -0.2) is 48.6 Å². The Morgan fingerprint density at radius 1 is 1.03 bits per heavy atom. The molecule has 0 saturated heterocycles. The highest BCUT2D eigenvalue weighted by molar-refractivity contribution is 7.22. The van der Waals surface area contributed by atoms with E-state index in [2.05, 4.69) is 44.7 Å². The second-order valence-electron chi connectivity index (χ2n) is 7.37. The standard InChI is InChI=1S/C24H31N3O2S/c1-6-26(7-2)13-14-27(23(28)19-9-11-20(12-10-19)29-8-3)24-25-22-18(5)15-17(4)16-21(22)30-24/h9-12,15-16H,6-8,13-14H2,1-5H3. The smallest absolute Gasteiger partial charge is 0.260 e. The number of thiazole rings is 1. The number of benzene rings is 2. The van der Waals surface area contributed by atoms with Crippen LogP contribution < -0.4 is 9.64 Å². The third-order valence-corrected chi connectivity index (χ3v) is 6.27. The van der Waals surface area contributed by atoms with Crippen molar-refractivity contribution in [3.05, 3.63) is 53.1 Å². The molecule has 0 fully saturated rings. The molecule has 0 aliphatic heterocycles. The van der Waals surface area contributed by atoms with Gasteiger partial charge in [0.05, 0.1) is 16.8 Å². The summed E-state index contributed by atoms with van der Waals surface area (Å²) < 4.78 is 6.64. The first kappa shape index (κ1) is 22.2. The van der Waals surface area contributed by atoms with Gasteiger partial charge in [0.1, 0.15) is 5.75 Å². The summed E-state index contributed by atoms with van der Waals surface area (Å²) in [5.41, 5.74) is 3.98. The van der Waals surface area contributed by atoms with Gasteiger partial charge in [0, 0.05) is 18.7 Å². The van der Waals surface area contributed by atoms with Gasteiger partial charge in [0.25, 0.3) is 5.91 Å². The number of aryl methyl sites for hydroxylation is 2. The largest absolute Gasteiger partial charge is 0.494 e. The van der Waals surface area contributed by atoms with E-state index in [9.17, 15) is 4.79 Å². The zero-order valence-electron chi connectivity index (χ0n) is 18.6. The maximum atomic E-state index is 13.5. The fourth-order valence-corrected chi connectivity index (χ4v) is 4.72. The number of likely N-dealkylation sites (N-methyl/N-ethyl adjacent to an activating group) is 1. The number of anilines is 1. The van der Waals surface area contributed by atoms with Gasteiger partial charge < -0.3 is 9.64 Å². The fourth-order valence-electron chi connectivity index (χ4n) is 3.56.